The molecular weight excluding hydrogens is 222 g/mol. The maximum Gasteiger partial charge on any atom is 0.0681 e. The lowest BCUT2D eigenvalue weighted by atomic mass is 10.1. The van der Waals surface area contributed by atoms with E-state index < -0.39 is 0 Å². The molecule has 2 rings (SSSR count). The Morgan fingerprint density at radius 1 is 0.944 bits per heavy atom. The second-order valence-electron chi connectivity index (χ2n) is 4.49. The van der Waals surface area contributed by atoms with E-state index in [1.165, 1.54) is 11.1 Å². The molecule has 18 heavy (non-hydrogen) atoms. The zero-order valence-electron chi connectivity index (χ0n) is 10.6. The van der Waals surface area contributed by atoms with Gasteiger partial charge in [-0.25, -0.2) is 0 Å². The molecule has 0 heterocycles. The van der Waals surface area contributed by atoms with Crippen molar-refractivity contribution in [3.63, 3.8) is 0 Å². The fourth-order valence-electron chi connectivity index (χ4n) is 1.89. The number of nitrogens with one attached hydrogen (secondary N) is 1. The summed E-state index contributed by atoms with van der Waals surface area (Å²) in [6, 6.07) is 18.8. The van der Waals surface area contributed by atoms with Crippen LogP contribution in [0.25, 0.3) is 0 Å². The van der Waals surface area contributed by atoms with Crippen molar-refractivity contribution in [3.05, 3.63) is 71.3 Å². The molecule has 94 valence electrons. The zero-order chi connectivity index (χ0) is 12.8. The molecule has 0 aliphatic carbocycles. The first-order valence-corrected chi connectivity index (χ1v) is 6.26. The van der Waals surface area contributed by atoms with E-state index in [0.717, 1.165) is 12.1 Å². The minimum absolute atomic E-state index is 0.105. The lowest BCUT2D eigenvalue weighted by Crippen LogP contribution is -2.17. The summed E-state index contributed by atoms with van der Waals surface area (Å²) in [6.07, 6.45) is 0. The van der Waals surface area contributed by atoms with Crippen LogP contribution in [0.5, 0.6) is 0 Å². The van der Waals surface area contributed by atoms with Crippen molar-refractivity contribution < 1.29 is 5.11 Å². The van der Waals surface area contributed by atoms with Crippen LogP contribution in [-0.2, 0) is 13.2 Å². The van der Waals surface area contributed by atoms with Crippen LogP contribution in [0.4, 0.5) is 0 Å². The van der Waals surface area contributed by atoms with E-state index in [9.17, 15) is 0 Å². The zero-order valence-corrected chi connectivity index (χ0v) is 10.6. The summed E-state index contributed by atoms with van der Waals surface area (Å²) < 4.78 is 0. The molecule has 0 spiro atoms. The molecule has 2 N–H and O–H groups in total. The molecule has 2 nitrogen and oxygen atoms in total. The average Bonchev–Trinajstić information content (AvgIpc) is 2.46. The van der Waals surface area contributed by atoms with E-state index in [1.807, 2.05) is 18.2 Å². The highest BCUT2D eigenvalue weighted by molar-refractivity contribution is 5.23. The van der Waals surface area contributed by atoms with Gasteiger partial charge in [0.15, 0.2) is 0 Å². The maximum atomic E-state index is 8.98. The molecule has 0 aliphatic rings. The van der Waals surface area contributed by atoms with Gasteiger partial charge in [-0.2, -0.15) is 0 Å². The van der Waals surface area contributed by atoms with Crippen molar-refractivity contribution in [1.82, 2.24) is 5.32 Å². The summed E-state index contributed by atoms with van der Waals surface area (Å²) in [4.78, 5) is 0. The Bertz CT molecular complexity index is 464. The molecule has 0 aliphatic heterocycles. The Morgan fingerprint density at radius 2 is 1.56 bits per heavy atom. The second kappa shape index (κ2) is 6.34. The smallest absolute Gasteiger partial charge is 0.0681 e. The van der Waals surface area contributed by atoms with E-state index in [0.29, 0.717) is 6.04 Å². The predicted molar refractivity (Wildman–Crippen MR) is 74.1 cm³/mol. The van der Waals surface area contributed by atoms with Gasteiger partial charge in [-0.3, -0.25) is 0 Å². The predicted octanol–water partition coefficient (Wildman–Crippen LogP) is 3.03. The molecule has 0 fully saturated rings. The highest BCUT2D eigenvalue weighted by Crippen LogP contribution is 2.12. The van der Waals surface area contributed by atoms with Gasteiger partial charge in [-0.05, 0) is 23.6 Å². The van der Waals surface area contributed by atoms with Gasteiger partial charge in [0, 0.05) is 12.6 Å². The van der Waals surface area contributed by atoms with Crippen LogP contribution in [0.2, 0.25) is 0 Å². The minimum atomic E-state index is 0.105. The maximum absolute atomic E-state index is 8.98. The summed E-state index contributed by atoms with van der Waals surface area (Å²) in [5.74, 6) is 0. The number of rotatable bonds is 5. The van der Waals surface area contributed by atoms with Crippen molar-refractivity contribution in [2.75, 3.05) is 0 Å². The van der Waals surface area contributed by atoms with Gasteiger partial charge in [0.1, 0.15) is 0 Å². The van der Waals surface area contributed by atoms with Crippen molar-refractivity contribution in [3.8, 4) is 0 Å². The fraction of sp³-hybridized carbons (Fsp3) is 0.250. The van der Waals surface area contributed by atoms with Gasteiger partial charge >= 0.3 is 0 Å². The molecule has 2 aromatic rings. The number of aliphatic hydroxyl groups is 1. The first-order valence-electron chi connectivity index (χ1n) is 6.26. The lowest BCUT2D eigenvalue weighted by Gasteiger charge is -2.14. The van der Waals surface area contributed by atoms with Gasteiger partial charge in [0.25, 0.3) is 0 Å². The Morgan fingerprint density at radius 3 is 2.17 bits per heavy atom. The third-order valence-corrected chi connectivity index (χ3v) is 3.12. The summed E-state index contributed by atoms with van der Waals surface area (Å²) >= 11 is 0. The van der Waals surface area contributed by atoms with Gasteiger partial charge in [-0.1, -0.05) is 54.6 Å². The van der Waals surface area contributed by atoms with Crippen molar-refractivity contribution in [2.45, 2.75) is 26.1 Å². The Hall–Kier alpha value is -1.64. The summed E-state index contributed by atoms with van der Waals surface area (Å²) in [7, 11) is 0. The molecule has 0 radical (unpaired) electrons. The molecule has 0 saturated carbocycles. The van der Waals surface area contributed by atoms with Crippen LogP contribution in [0, 0.1) is 0 Å². The molecule has 0 bridgehead atoms. The van der Waals surface area contributed by atoms with Gasteiger partial charge in [-0.15, -0.1) is 0 Å². The molecule has 0 amide bonds. The van der Waals surface area contributed by atoms with Gasteiger partial charge in [0.2, 0.25) is 0 Å². The van der Waals surface area contributed by atoms with E-state index in [4.69, 9.17) is 5.11 Å². The van der Waals surface area contributed by atoms with E-state index in [-0.39, 0.29) is 6.61 Å². The molecule has 1 unspecified atom stereocenters. The Balaban J connectivity index is 1.91. The standard InChI is InChI=1S/C16H19NO/c1-13(16-5-3-2-4-6-16)17-11-14-7-9-15(12-18)10-8-14/h2-10,13,17-18H,11-12H2,1H3. The van der Waals surface area contributed by atoms with E-state index in [2.05, 4.69) is 48.6 Å². The number of aliphatic hydroxyl groups excluding tert-OH is 1. The Kier molecular flexibility index (Phi) is 4.51. The van der Waals surface area contributed by atoms with Crippen molar-refractivity contribution in [2.24, 2.45) is 0 Å². The summed E-state index contributed by atoms with van der Waals surface area (Å²) in [6.45, 7) is 3.10. The summed E-state index contributed by atoms with van der Waals surface area (Å²) in [5.41, 5.74) is 3.48. The molecule has 1 atom stereocenters. The van der Waals surface area contributed by atoms with Crippen LogP contribution in [0.1, 0.15) is 29.7 Å². The lowest BCUT2D eigenvalue weighted by molar-refractivity contribution is 0.282. The van der Waals surface area contributed by atoms with Gasteiger partial charge in [0.05, 0.1) is 6.61 Å². The SMILES string of the molecule is CC(NCc1ccc(CO)cc1)c1ccccc1. The highest BCUT2D eigenvalue weighted by Gasteiger charge is 2.03. The minimum Gasteiger partial charge on any atom is -0.392 e. The number of benzene rings is 2. The normalized spacial score (nSPS) is 12.3. The third kappa shape index (κ3) is 3.42. The summed E-state index contributed by atoms with van der Waals surface area (Å²) in [5, 5.41) is 12.5. The van der Waals surface area contributed by atoms with Crippen LogP contribution in [-0.4, -0.2) is 5.11 Å². The largest absolute Gasteiger partial charge is 0.392 e. The second-order valence-corrected chi connectivity index (χ2v) is 4.49. The monoisotopic (exact) mass is 241 g/mol. The third-order valence-electron chi connectivity index (χ3n) is 3.12. The molecule has 0 saturated heterocycles. The molecule has 2 heteroatoms. The van der Waals surface area contributed by atoms with Crippen LogP contribution in [0.3, 0.4) is 0 Å². The first kappa shape index (κ1) is 12.8. The average molecular weight is 241 g/mol. The van der Waals surface area contributed by atoms with E-state index in [1.54, 1.807) is 0 Å². The molecular formula is C16H19NO. The van der Waals surface area contributed by atoms with Crippen LogP contribution >= 0.6 is 0 Å². The van der Waals surface area contributed by atoms with Gasteiger partial charge < -0.3 is 10.4 Å². The van der Waals surface area contributed by atoms with Crippen molar-refractivity contribution in [1.29, 1.82) is 0 Å². The van der Waals surface area contributed by atoms with E-state index >= 15 is 0 Å². The fourth-order valence-corrected chi connectivity index (χ4v) is 1.89. The Labute approximate surface area is 108 Å². The quantitative estimate of drug-likeness (QED) is 0.843. The molecule has 0 aromatic heterocycles. The number of hydrogen-bond donors (Lipinski definition) is 2. The highest BCUT2D eigenvalue weighted by atomic mass is 16.3. The first-order chi connectivity index (χ1) is 8.79. The van der Waals surface area contributed by atoms with Crippen LogP contribution < -0.4 is 5.32 Å². The van der Waals surface area contributed by atoms with Crippen LogP contribution in [0.15, 0.2) is 54.6 Å². The number of hydrogen-bond acceptors (Lipinski definition) is 2. The topological polar surface area (TPSA) is 32.3 Å². The van der Waals surface area contributed by atoms with Crippen molar-refractivity contribution >= 4 is 0 Å². The molecule has 2 aromatic carbocycles.